The summed E-state index contributed by atoms with van der Waals surface area (Å²) in [7, 11) is 0. The summed E-state index contributed by atoms with van der Waals surface area (Å²) >= 11 is 0. The highest BCUT2D eigenvalue weighted by atomic mass is 19.4. The molecule has 3 rings (SSSR count). The zero-order chi connectivity index (χ0) is 21.7. The van der Waals surface area contributed by atoms with Gasteiger partial charge in [0.05, 0.1) is 16.9 Å². The predicted octanol–water partition coefficient (Wildman–Crippen LogP) is 2.98. The Labute approximate surface area is 171 Å². The molecule has 1 aromatic heterocycles. The van der Waals surface area contributed by atoms with Crippen molar-refractivity contribution >= 4 is 23.2 Å². The van der Waals surface area contributed by atoms with Crippen molar-refractivity contribution in [2.45, 2.75) is 19.0 Å². The second-order valence-corrected chi connectivity index (χ2v) is 6.92. The van der Waals surface area contributed by atoms with Crippen molar-refractivity contribution in [2.75, 3.05) is 29.9 Å². The molecule has 160 valence electrons. The summed E-state index contributed by atoms with van der Waals surface area (Å²) in [6, 6.07) is 9.80. The second-order valence-electron chi connectivity index (χ2n) is 6.92. The Morgan fingerprint density at radius 2 is 1.87 bits per heavy atom. The molecule has 1 saturated heterocycles. The number of ether oxygens (including phenoxy) is 1. The lowest BCUT2D eigenvalue weighted by Crippen LogP contribution is -2.38. The molecule has 30 heavy (non-hydrogen) atoms. The fraction of sp³-hybridized carbons (Fsp3) is 0.350. The molecule has 0 unspecified atom stereocenters. The number of rotatable bonds is 6. The van der Waals surface area contributed by atoms with E-state index in [0.29, 0.717) is 31.6 Å². The van der Waals surface area contributed by atoms with Crippen LogP contribution in [0.4, 0.5) is 24.5 Å². The van der Waals surface area contributed by atoms with Crippen molar-refractivity contribution in [1.29, 1.82) is 0 Å². The number of hydrogen-bond acceptors (Lipinski definition) is 5. The van der Waals surface area contributed by atoms with Crippen molar-refractivity contribution in [1.82, 2.24) is 4.98 Å². The lowest BCUT2D eigenvalue weighted by molar-refractivity contribution is -0.154. The Morgan fingerprint density at radius 3 is 2.47 bits per heavy atom. The summed E-state index contributed by atoms with van der Waals surface area (Å²) < 4.78 is 41.1. The molecular formula is C20H21F3N4O3. The maximum Gasteiger partial charge on any atom is 0.422 e. The van der Waals surface area contributed by atoms with Gasteiger partial charge in [-0.3, -0.25) is 9.59 Å². The Hall–Kier alpha value is -3.30. The van der Waals surface area contributed by atoms with Crippen molar-refractivity contribution in [3.63, 3.8) is 0 Å². The van der Waals surface area contributed by atoms with Gasteiger partial charge in [-0.2, -0.15) is 13.2 Å². The van der Waals surface area contributed by atoms with E-state index in [4.69, 9.17) is 5.73 Å². The molecule has 1 aliphatic heterocycles. The molecular weight excluding hydrogens is 401 g/mol. The van der Waals surface area contributed by atoms with Gasteiger partial charge in [-0.15, -0.1) is 0 Å². The van der Waals surface area contributed by atoms with E-state index in [9.17, 15) is 22.8 Å². The molecule has 0 aliphatic carbocycles. The Kier molecular flexibility index (Phi) is 6.43. The number of nitrogens with zero attached hydrogens (tertiary/aromatic N) is 2. The number of carbonyl (C=O) groups excluding carboxylic acids is 2. The Morgan fingerprint density at radius 1 is 1.17 bits per heavy atom. The van der Waals surface area contributed by atoms with Crippen LogP contribution >= 0.6 is 0 Å². The van der Waals surface area contributed by atoms with Crippen molar-refractivity contribution in [3.05, 3.63) is 48.2 Å². The minimum absolute atomic E-state index is 0.146. The minimum Gasteiger partial charge on any atom is -0.468 e. The Balaban J connectivity index is 1.65. The van der Waals surface area contributed by atoms with E-state index in [1.54, 1.807) is 12.1 Å². The van der Waals surface area contributed by atoms with Crippen LogP contribution in [0.2, 0.25) is 0 Å². The van der Waals surface area contributed by atoms with E-state index in [1.165, 1.54) is 12.1 Å². The number of alkyl halides is 3. The highest BCUT2D eigenvalue weighted by Crippen LogP contribution is 2.30. The molecule has 10 heteroatoms. The van der Waals surface area contributed by atoms with Crippen LogP contribution in [0.15, 0.2) is 42.6 Å². The first-order valence-corrected chi connectivity index (χ1v) is 9.33. The highest BCUT2D eigenvalue weighted by molar-refractivity contribution is 6.05. The van der Waals surface area contributed by atoms with Crippen LogP contribution in [0.25, 0.3) is 0 Å². The van der Waals surface area contributed by atoms with E-state index in [2.05, 4.69) is 19.9 Å². The van der Waals surface area contributed by atoms with Gasteiger partial charge < -0.3 is 20.7 Å². The number of aromatic nitrogens is 1. The molecule has 0 atom stereocenters. The topological polar surface area (TPSA) is 97.6 Å². The maximum atomic E-state index is 12.6. The van der Waals surface area contributed by atoms with Gasteiger partial charge in [0.2, 0.25) is 11.8 Å². The zero-order valence-corrected chi connectivity index (χ0v) is 16.0. The summed E-state index contributed by atoms with van der Waals surface area (Å²) in [6.07, 6.45) is -2.03. The number of anilines is 2. The lowest BCUT2D eigenvalue weighted by atomic mass is 9.96. The van der Waals surface area contributed by atoms with E-state index in [-0.39, 0.29) is 23.3 Å². The molecule has 0 bridgehead atoms. The third kappa shape index (κ3) is 5.62. The third-order valence-corrected chi connectivity index (χ3v) is 4.77. The first kappa shape index (κ1) is 21.4. The summed E-state index contributed by atoms with van der Waals surface area (Å²) in [5.41, 5.74) is 6.95. The van der Waals surface area contributed by atoms with E-state index >= 15 is 0 Å². The normalized spacial score (nSPS) is 15.0. The zero-order valence-electron chi connectivity index (χ0n) is 16.0. The Bertz CT molecular complexity index is 895. The molecule has 2 amide bonds. The summed E-state index contributed by atoms with van der Waals surface area (Å²) in [5, 5.41) is 2.80. The molecule has 2 heterocycles. The molecule has 3 N–H and O–H groups in total. The first-order valence-electron chi connectivity index (χ1n) is 9.33. The van der Waals surface area contributed by atoms with Gasteiger partial charge in [0.25, 0.3) is 5.91 Å². The van der Waals surface area contributed by atoms with Crippen LogP contribution in [-0.4, -0.2) is 42.7 Å². The average Bonchev–Trinajstić information content (AvgIpc) is 2.72. The van der Waals surface area contributed by atoms with Gasteiger partial charge >= 0.3 is 6.18 Å². The molecule has 0 saturated carbocycles. The quantitative estimate of drug-likeness (QED) is 0.746. The van der Waals surface area contributed by atoms with Gasteiger partial charge in [-0.05, 0) is 31.0 Å². The van der Waals surface area contributed by atoms with Gasteiger partial charge in [-0.1, -0.05) is 12.1 Å². The fourth-order valence-electron chi connectivity index (χ4n) is 3.21. The average molecular weight is 422 g/mol. The molecule has 0 radical (unpaired) electrons. The molecule has 1 aromatic carbocycles. The number of benzene rings is 1. The third-order valence-electron chi connectivity index (χ3n) is 4.77. The van der Waals surface area contributed by atoms with Crippen LogP contribution in [0.3, 0.4) is 0 Å². The van der Waals surface area contributed by atoms with Gasteiger partial charge in [-0.25, -0.2) is 4.98 Å². The largest absolute Gasteiger partial charge is 0.468 e. The maximum absolute atomic E-state index is 12.6. The molecule has 2 aromatic rings. The number of primary amides is 1. The van der Waals surface area contributed by atoms with Crippen LogP contribution in [0.1, 0.15) is 23.2 Å². The number of nitrogens with one attached hydrogen (secondary N) is 1. The van der Waals surface area contributed by atoms with E-state index in [0.717, 1.165) is 11.9 Å². The summed E-state index contributed by atoms with van der Waals surface area (Å²) in [5.74, 6) is -1.12. The molecule has 0 spiro atoms. The minimum atomic E-state index is -4.46. The van der Waals surface area contributed by atoms with Crippen LogP contribution in [0.5, 0.6) is 5.88 Å². The lowest BCUT2D eigenvalue weighted by Gasteiger charge is -2.33. The van der Waals surface area contributed by atoms with Gasteiger partial charge in [0.15, 0.2) is 6.61 Å². The van der Waals surface area contributed by atoms with E-state index in [1.807, 2.05) is 12.1 Å². The number of carbonyl (C=O) groups is 2. The van der Waals surface area contributed by atoms with Crippen molar-refractivity contribution in [2.24, 2.45) is 11.7 Å². The number of amides is 2. The number of piperidine rings is 1. The highest BCUT2D eigenvalue weighted by Gasteiger charge is 2.28. The molecule has 1 aliphatic rings. The standard InChI is InChI=1S/C20H21F3N4O3/c21-20(22,23)12-30-17-6-5-14(11-25-17)19(29)26-15-3-1-2-4-16(15)27-9-7-13(8-10-27)18(24)28/h1-6,11,13H,7-10,12H2,(H2,24,28)(H,26,29). The predicted molar refractivity (Wildman–Crippen MR) is 104 cm³/mol. The number of hydrogen-bond donors (Lipinski definition) is 2. The SMILES string of the molecule is NC(=O)C1CCN(c2ccccc2NC(=O)c2ccc(OCC(F)(F)F)nc2)CC1. The monoisotopic (exact) mass is 422 g/mol. The number of nitrogens with two attached hydrogens (primary N) is 1. The molecule has 7 nitrogen and oxygen atoms in total. The summed E-state index contributed by atoms with van der Waals surface area (Å²) in [6.45, 7) is -0.189. The number of halogens is 3. The number of pyridine rings is 1. The first-order chi connectivity index (χ1) is 14.2. The number of para-hydroxylation sites is 2. The second kappa shape index (κ2) is 9.02. The van der Waals surface area contributed by atoms with Crippen LogP contribution in [0, 0.1) is 5.92 Å². The summed E-state index contributed by atoms with van der Waals surface area (Å²) in [4.78, 5) is 29.7. The molecule has 1 fully saturated rings. The van der Waals surface area contributed by atoms with Crippen molar-refractivity contribution < 1.29 is 27.5 Å². The van der Waals surface area contributed by atoms with Crippen molar-refractivity contribution in [3.8, 4) is 5.88 Å². The van der Waals surface area contributed by atoms with Crippen LogP contribution in [-0.2, 0) is 4.79 Å². The van der Waals surface area contributed by atoms with Crippen LogP contribution < -0.4 is 20.7 Å². The van der Waals surface area contributed by atoms with Gasteiger partial charge in [0.1, 0.15) is 0 Å². The fourth-order valence-corrected chi connectivity index (χ4v) is 3.21. The van der Waals surface area contributed by atoms with E-state index < -0.39 is 18.7 Å². The van der Waals surface area contributed by atoms with Gasteiger partial charge in [0, 0.05) is 31.3 Å². The smallest absolute Gasteiger partial charge is 0.422 e.